The van der Waals surface area contributed by atoms with Gasteiger partial charge in [-0.15, -0.1) is 0 Å². The standard InChI is InChI=1S/C27H24FN3O5/c1-34-22-10-7-11-23(35-2)24(22)21-16-20(30-31(21)19-14-12-18(28)13-15-19)26(32)29-25(27(33)36-3)17-8-5-4-6-9-17/h4-16,25H,1-3H3,(H,29,32). The number of carbonyl (C=O) groups is 2. The molecule has 0 aliphatic heterocycles. The highest BCUT2D eigenvalue weighted by atomic mass is 19.1. The van der Waals surface area contributed by atoms with E-state index in [4.69, 9.17) is 14.2 Å². The summed E-state index contributed by atoms with van der Waals surface area (Å²) in [7, 11) is 4.29. The Morgan fingerprint density at radius 3 is 2.11 bits per heavy atom. The number of rotatable bonds is 8. The summed E-state index contributed by atoms with van der Waals surface area (Å²) in [6.45, 7) is 0. The second-order valence-electron chi connectivity index (χ2n) is 7.68. The molecule has 0 saturated carbocycles. The van der Waals surface area contributed by atoms with Gasteiger partial charge in [-0.2, -0.15) is 5.10 Å². The topological polar surface area (TPSA) is 91.7 Å². The Kier molecular flexibility index (Phi) is 7.29. The first-order valence-electron chi connectivity index (χ1n) is 11.0. The number of hydrogen-bond donors (Lipinski definition) is 1. The molecule has 1 atom stereocenters. The quantitative estimate of drug-likeness (QED) is 0.370. The molecule has 0 bridgehead atoms. The Labute approximate surface area is 207 Å². The van der Waals surface area contributed by atoms with Crippen molar-refractivity contribution in [2.45, 2.75) is 6.04 Å². The van der Waals surface area contributed by atoms with Crippen LogP contribution in [0.15, 0.2) is 78.9 Å². The van der Waals surface area contributed by atoms with Crippen molar-refractivity contribution in [1.29, 1.82) is 0 Å². The molecular formula is C27H24FN3O5. The molecule has 1 unspecified atom stereocenters. The number of nitrogens with one attached hydrogen (secondary N) is 1. The zero-order chi connectivity index (χ0) is 25.7. The van der Waals surface area contributed by atoms with Gasteiger partial charge in [0.25, 0.3) is 5.91 Å². The van der Waals surface area contributed by atoms with Gasteiger partial charge in [0.05, 0.1) is 38.3 Å². The first-order chi connectivity index (χ1) is 17.5. The van der Waals surface area contributed by atoms with Gasteiger partial charge < -0.3 is 19.5 Å². The molecule has 0 saturated heterocycles. The number of methoxy groups -OCH3 is 3. The van der Waals surface area contributed by atoms with Crippen molar-refractivity contribution < 1.29 is 28.2 Å². The van der Waals surface area contributed by atoms with E-state index in [1.807, 2.05) is 0 Å². The summed E-state index contributed by atoms with van der Waals surface area (Å²) in [5, 5.41) is 7.19. The number of carbonyl (C=O) groups excluding carboxylic acids is 2. The molecule has 0 fully saturated rings. The second kappa shape index (κ2) is 10.7. The molecule has 4 rings (SSSR count). The lowest BCUT2D eigenvalue weighted by atomic mass is 10.1. The summed E-state index contributed by atoms with van der Waals surface area (Å²) in [4.78, 5) is 25.8. The van der Waals surface area contributed by atoms with Crippen LogP contribution >= 0.6 is 0 Å². The summed E-state index contributed by atoms with van der Waals surface area (Å²) >= 11 is 0. The lowest BCUT2D eigenvalue weighted by Gasteiger charge is -2.16. The maximum Gasteiger partial charge on any atom is 0.333 e. The minimum atomic E-state index is -1.04. The van der Waals surface area contributed by atoms with Crippen molar-refractivity contribution in [2.75, 3.05) is 21.3 Å². The molecule has 4 aromatic rings. The van der Waals surface area contributed by atoms with E-state index in [-0.39, 0.29) is 5.69 Å². The monoisotopic (exact) mass is 489 g/mol. The Bertz CT molecular complexity index is 1350. The van der Waals surface area contributed by atoms with Crippen LogP contribution in [0.25, 0.3) is 16.9 Å². The molecule has 1 aromatic heterocycles. The van der Waals surface area contributed by atoms with Gasteiger partial charge in [-0.25, -0.2) is 13.9 Å². The minimum Gasteiger partial charge on any atom is -0.496 e. The highest BCUT2D eigenvalue weighted by Gasteiger charge is 2.27. The van der Waals surface area contributed by atoms with Gasteiger partial charge in [0.2, 0.25) is 0 Å². The number of amides is 1. The third kappa shape index (κ3) is 4.90. The smallest absolute Gasteiger partial charge is 0.333 e. The molecule has 1 N–H and O–H groups in total. The Balaban J connectivity index is 1.82. The van der Waals surface area contributed by atoms with Gasteiger partial charge in [-0.1, -0.05) is 36.4 Å². The van der Waals surface area contributed by atoms with E-state index in [1.165, 1.54) is 50.3 Å². The van der Waals surface area contributed by atoms with Crippen LogP contribution in [-0.4, -0.2) is 43.0 Å². The number of hydrogen-bond acceptors (Lipinski definition) is 6. The fourth-order valence-corrected chi connectivity index (χ4v) is 3.80. The van der Waals surface area contributed by atoms with Crippen molar-refractivity contribution in [3.8, 4) is 28.4 Å². The molecule has 9 heteroatoms. The van der Waals surface area contributed by atoms with Crippen LogP contribution in [0.5, 0.6) is 11.5 Å². The highest BCUT2D eigenvalue weighted by Crippen LogP contribution is 2.39. The Morgan fingerprint density at radius 2 is 1.53 bits per heavy atom. The molecule has 1 amide bonds. The number of ether oxygens (including phenoxy) is 3. The SMILES string of the molecule is COC(=O)C(NC(=O)c1cc(-c2c(OC)cccc2OC)n(-c2ccc(F)cc2)n1)c1ccccc1. The van der Waals surface area contributed by atoms with Gasteiger partial charge in [-0.05, 0) is 48.0 Å². The van der Waals surface area contributed by atoms with Crippen LogP contribution in [0.4, 0.5) is 4.39 Å². The Morgan fingerprint density at radius 1 is 0.889 bits per heavy atom. The summed E-state index contributed by atoms with van der Waals surface area (Å²) in [6, 6.07) is 20.2. The molecule has 0 aliphatic carbocycles. The predicted octanol–water partition coefficient (Wildman–Crippen LogP) is 4.34. The van der Waals surface area contributed by atoms with Crippen LogP contribution in [0, 0.1) is 5.82 Å². The normalized spacial score (nSPS) is 11.4. The van der Waals surface area contributed by atoms with Crippen LogP contribution in [0.3, 0.4) is 0 Å². The number of benzene rings is 3. The summed E-state index contributed by atoms with van der Waals surface area (Å²) in [5.74, 6) is -0.670. The van der Waals surface area contributed by atoms with E-state index in [0.29, 0.717) is 34.0 Å². The van der Waals surface area contributed by atoms with Gasteiger partial charge in [0.15, 0.2) is 11.7 Å². The van der Waals surface area contributed by atoms with Crippen molar-refractivity contribution in [1.82, 2.24) is 15.1 Å². The van der Waals surface area contributed by atoms with Crippen molar-refractivity contribution in [2.24, 2.45) is 0 Å². The third-order valence-electron chi connectivity index (χ3n) is 5.54. The van der Waals surface area contributed by atoms with Gasteiger partial charge in [0.1, 0.15) is 17.3 Å². The average molecular weight is 490 g/mol. The predicted molar refractivity (Wildman–Crippen MR) is 131 cm³/mol. The van der Waals surface area contributed by atoms with E-state index in [9.17, 15) is 14.0 Å². The number of nitrogens with zero attached hydrogens (tertiary/aromatic N) is 2. The fraction of sp³-hybridized carbons (Fsp3) is 0.148. The summed E-state index contributed by atoms with van der Waals surface area (Å²) in [6.07, 6.45) is 0. The molecular weight excluding hydrogens is 465 g/mol. The van der Waals surface area contributed by atoms with Gasteiger partial charge >= 0.3 is 5.97 Å². The maximum absolute atomic E-state index is 13.6. The average Bonchev–Trinajstić information content (AvgIpc) is 3.36. The number of aromatic nitrogens is 2. The van der Waals surface area contributed by atoms with Gasteiger partial charge in [0, 0.05) is 0 Å². The maximum atomic E-state index is 13.6. The van der Waals surface area contributed by atoms with E-state index >= 15 is 0 Å². The summed E-state index contributed by atoms with van der Waals surface area (Å²) in [5.41, 5.74) is 2.10. The molecule has 8 nitrogen and oxygen atoms in total. The molecule has 0 radical (unpaired) electrons. The zero-order valence-corrected chi connectivity index (χ0v) is 19.9. The van der Waals surface area contributed by atoms with Crippen LogP contribution in [0.1, 0.15) is 22.1 Å². The molecule has 36 heavy (non-hydrogen) atoms. The van der Waals surface area contributed by atoms with Crippen LogP contribution < -0.4 is 14.8 Å². The van der Waals surface area contributed by atoms with Crippen molar-refractivity contribution in [3.63, 3.8) is 0 Å². The van der Waals surface area contributed by atoms with E-state index in [1.54, 1.807) is 54.6 Å². The molecule has 0 spiro atoms. The lowest BCUT2D eigenvalue weighted by molar-refractivity contribution is -0.143. The van der Waals surface area contributed by atoms with Crippen molar-refractivity contribution >= 4 is 11.9 Å². The largest absolute Gasteiger partial charge is 0.496 e. The van der Waals surface area contributed by atoms with Gasteiger partial charge in [-0.3, -0.25) is 4.79 Å². The van der Waals surface area contributed by atoms with Crippen LogP contribution in [-0.2, 0) is 9.53 Å². The van der Waals surface area contributed by atoms with Crippen molar-refractivity contribution in [3.05, 3.63) is 95.9 Å². The molecule has 3 aromatic carbocycles. The highest BCUT2D eigenvalue weighted by molar-refractivity contribution is 5.97. The first kappa shape index (κ1) is 24.5. The number of halogens is 1. The fourth-order valence-electron chi connectivity index (χ4n) is 3.80. The van der Waals surface area contributed by atoms with E-state index < -0.39 is 23.7 Å². The Hall–Kier alpha value is -4.66. The molecule has 184 valence electrons. The van der Waals surface area contributed by atoms with E-state index in [0.717, 1.165) is 0 Å². The minimum absolute atomic E-state index is 0.0205. The summed E-state index contributed by atoms with van der Waals surface area (Å²) < 4.78 is 31.1. The zero-order valence-electron chi connectivity index (χ0n) is 19.9. The third-order valence-corrected chi connectivity index (χ3v) is 5.54. The van der Waals surface area contributed by atoms with E-state index in [2.05, 4.69) is 10.4 Å². The second-order valence-corrected chi connectivity index (χ2v) is 7.68. The first-order valence-corrected chi connectivity index (χ1v) is 11.0. The molecule has 1 heterocycles. The number of esters is 1. The molecule has 0 aliphatic rings. The lowest BCUT2D eigenvalue weighted by Crippen LogP contribution is -2.34. The van der Waals surface area contributed by atoms with Crippen LogP contribution in [0.2, 0.25) is 0 Å².